The standard InChI is InChI=1S/C19H15BrClN3O2/c1-11-7-14(4-5-16(11)20)24-17(25)10-23-19(26)15-9-13(21)8-12-3-2-6-22-18(12)15/h2-9H,10H2,1H3,(H,23,26)(H,24,25). The number of nitrogens with zero attached hydrogens (tertiary/aromatic N) is 1. The second kappa shape index (κ2) is 7.85. The van der Waals surface area contributed by atoms with E-state index in [2.05, 4.69) is 31.5 Å². The Kier molecular flexibility index (Phi) is 5.54. The van der Waals surface area contributed by atoms with Crippen molar-refractivity contribution >= 4 is 55.9 Å². The summed E-state index contributed by atoms with van der Waals surface area (Å²) in [6, 6.07) is 12.4. The van der Waals surface area contributed by atoms with Crippen LogP contribution in [0.15, 0.2) is 53.1 Å². The topological polar surface area (TPSA) is 71.1 Å². The fourth-order valence-corrected chi connectivity index (χ4v) is 2.99. The number of fused-ring (bicyclic) bond motifs is 1. The molecule has 0 fully saturated rings. The van der Waals surface area contributed by atoms with Crippen LogP contribution in [0.5, 0.6) is 0 Å². The number of benzene rings is 2. The lowest BCUT2D eigenvalue weighted by atomic mass is 10.1. The van der Waals surface area contributed by atoms with E-state index in [9.17, 15) is 9.59 Å². The smallest absolute Gasteiger partial charge is 0.253 e. The molecule has 0 aliphatic heterocycles. The zero-order valence-electron chi connectivity index (χ0n) is 13.8. The number of hydrogen-bond acceptors (Lipinski definition) is 3. The van der Waals surface area contributed by atoms with Gasteiger partial charge in [0.1, 0.15) is 0 Å². The molecule has 1 heterocycles. The lowest BCUT2D eigenvalue weighted by molar-refractivity contribution is -0.115. The normalized spacial score (nSPS) is 10.6. The van der Waals surface area contributed by atoms with Gasteiger partial charge >= 0.3 is 0 Å². The maximum atomic E-state index is 12.5. The molecule has 0 saturated carbocycles. The summed E-state index contributed by atoms with van der Waals surface area (Å²) < 4.78 is 0.962. The fraction of sp³-hybridized carbons (Fsp3) is 0.105. The molecular weight excluding hydrogens is 418 g/mol. The Morgan fingerprint density at radius 3 is 2.77 bits per heavy atom. The molecule has 2 aromatic carbocycles. The van der Waals surface area contributed by atoms with E-state index >= 15 is 0 Å². The van der Waals surface area contributed by atoms with Crippen LogP contribution in [0, 0.1) is 6.92 Å². The highest BCUT2D eigenvalue weighted by Gasteiger charge is 2.14. The highest BCUT2D eigenvalue weighted by molar-refractivity contribution is 9.10. The molecule has 0 radical (unpaired) electrons. The molecule has 0 aliphatic rings. The minimum Gasteiger partial charge on any atom is -0.343 e. The van der Waals surface area contributed by atoms with Gasteiger partial charge in [0.15, 0.2) is 0 Å². The van der Waals surface area contributed by atoms with Gasteiger partial charge in [-0.1, -0.05) is 33.6 Å². The Morgan fingerprint density at radius 2 is 2.00 bits per heavy atom. The van der Waals surface area contributed by atoms with Gasteiger partial charge in [-0.3, -0.25) is 14.6 Å². The van der Waals surface area contributed by atoms with E-state index in [4.69, 9.17) is 11.6 Å². The van der Waals surface area contributed by atoms with Gasteiger partial charge in [-0.25, -0.2) is 0 Å². The number of pyridine rings is 1. The van der Waals surface area contributed by atoms with Gasteiger partial charge in [-0.15, -0.1) is 0 Å². The Bertz CT molecular complexity index is 1010. The van der Waals surface area contributed by atoms with Crippen LogP contribution in [0.3, 0.4) is 0 Å². The van der Waals surface area contributed by atoms with Crippen LogP contribution in [-0.2, 0) is 4.79 Å². The van der Waals surface area contributed by atoms with Crippen molar-refractivity contribution in [3.8, 4) is 0 Å². The Hall–Kier alpha value is -2.44. The summed E-state index contributed by atoms with van der Waals surface area (Å²) in [6.45, 7) is 1.77. The number of rotatable bonds is 4. The molecule has 132 valence electrons. The van der Waals surface area contributed by atoms with Crippen molar-refractivity contribution in [2.75, 3.05) is 11.9 Å². The monoisotopic (exact) mass is 431 g/mol. The molecule has 3 aromatic rings. The minimum atomic E-state index is -0.404. The van der Waals surface area contributed by atoms with E-state index in [1.807, 2.05) is 25.1 Å². The highest BCUT2D eigenvalue weighted by atomic mass is 79.9. The highest BCUT2D eigenvalue weighted by Crippen LogP contribution is 2.22. The summed E-state index contributed by atoms with van der Waals surface area (Å²) in [5.74, 6) is -0.724. The predicted molar refractivity (Wildman–Crippen MR) is 107 cm³/mol. The summed E-state index contributed by atoms with van der Waals surface area (Å²) in [6.07, 6.45) is 1.61. The molecule has 2 N–H and O–H groups in total. The van der Waals surface area contributed by atoms with E-state index in [-0.39, 0.29) is 12.5 Å². The molecular formula is C19H15BrClN3O2. The summed E-state index contributed by atoms with van der Waals surface area (Å²) in [7, 11) is 0. The van der Waals surface area contributed by atoms with Crippen molar-refractivity contribution in [1.82, 2.24) is 10.3 Å². The molecule has 26 heavy (non-hydrogen) atoms. The van der Waals surface area contributed by atoms with Gasteiger partial charge in [-0.05, 0) is 48.9 Å². The van der Waals surface area contributed by atoms with Crippen LogP contribution in [0.25, 0.3) is 10.9 Å². The third-order valence-electron chi connectivity index (χ3n) is 3.77. The summed E-state index contributed by atoms with van der Waals surface area (Å²) in [5.41, 5.74) is 2.54. The summed E-state index contributed by atoms with van der Waals surface area (Å²) in [4.78, 5) is 28.8. The van der Waals surface area contributed by atoms with Crippen molar-refractivity contribution in [3.05, 3.63) is 69.3 Å². The number of carbonyl (C=O) groups is 2. The third-order valence-corrected chi connectivity index (χ3v) is 4.87. The van der Waals surface area contributed by atoms with Crippen LogP contribution < -0.4 is 10.6 Å². The van der Waals surface area contributed by atoms with Gasteiger partial charge in [0.05, 0.1) is 17.6 Å². The van der Waals surface area contributed by atoms with E-state index in [1.165, 1.54) is 0 Å². The second-order valence-electron chi connectivity index (χ2n) is 5.72. The molecule has 3 rings (SSSR count). The van der Waals surface area contributed by atoms with E-state index in [1.54, 1.807) is 30.5 Å². The molecule has 2 amide bonds. The number of nitrogens with one attached hydrogen (secondary N) is 2. The molecule has 0 bridgehead atoms. The van der Waals surface area contributed by atoms with Gasteiger partial charge < -0.3 is 10.6 Å². The zero-order chi connectivity index (χ0) is 18.7. The maximum Gasteiger partial charge on any atom is 0.253 e. The number of aromatic nitrogens is 1. The number of amides is 2. The Balaban J connectivity index is 1.69. The lowest BCUT2D eigenvalue weighted by Crippen LogP contribution is -2.33. The van der Waals surface area contributed by atoms with Crippen LogP contribution in [0.2, 0.25) is 5.02 Å². The van der Waals surface area contributed by atoms with Crippen molar-refractivity contribution < 1.29 is 9.59 Å². The second-order valence-corrected chi connectivity index (χ2v) is 7.01. The minimum absolute atomic E-state index is 0.158. The Morgan fingerprint density at radius 1 is 1.19 bits per heavy atom. The molecule has 5 nitrogen and oxygen atoms in total. The SMILES string of the molecule is Cc1cc(NC(=O)CNC(=O)c2cc(Cl)cc3cccnc23)ccc1Br. The van der Waals surface area contributed by atoms with Crippen molar-refractivity contribution in [2.45, 2.75) is 6.92 Å². The third kappa shape index (κ3) is 4.20. The molecule has 0 spiro atoms. The van der Waals surface area contributed by atoms with Crippen LogP contribution in [0.4, 0.5) is 5.69 Å². The molecule has 0 unspecified atom stereocenters. The number of anilines is 1. The van der Waals surface area contributed by atoms with Crippen LogP contribution >= 0.6 is 27.5 Å². The van der Waals surface area contributed by atoms with E-state index in [0.29, 0.717) is 21.8 Å². The van der Waals surface area contributed by atoms with Crippen LogP contribution in [0.1, 0.15) is 15.9 Å². The van der Waals surface area contributed by atoms with Crippen LogP contribution in [-0.4, -0.2) is 23.3 Å². The number of halogens is 2. The molecule has 0 aliphatic carbocycles. The van der Waals surface area contributed by atoms with E-state index < -0.39 is 5.91 Å². The van der Waals surface area contributed by atoms with Crippen molar-refractivity contribution in [2.24, 2.45) is 0 Å². The number of aryl methyl sites for hydroxylation is 1. The fourth-order valence-electron chi connectivity index (χ4n) is 2.51. The lowest BCUT2D eigenvalue weighted by Gasteiger charge is -2.10. The molecule has 1 aromatic heterocycles. The first-order valence-corrected chi connectivity index (χ1v) is 8.99. The number of carbonyl (C=O) groups excluding carboxylic acids is 2. The predicted octanol–water partition coefficient (Wildman–Crippen LogP) is 4.33. The average Bonchev–Trinajstić information content (AvgIpc) is 2.62. The van der Waals surface area contributed by atoms with E-state index in [0.717, 1.165) is 15.4 Å². The van der Waals surface area contributed by atoms with Gasteiger partial charge in [0.25, 0.3) is 5.91 Å². The van der Waals surface area contributed by atoms with Gasteiger partial charge in [-0.2, -0.15) is 0 Å². The molecule has 7 heteroatoms. The number of hydrogen-bond donors (Lipinski definition) is 2. The Labute approximate surface area is 163 Å². The van der Waals surface area contributed by atoms with Gasteiger partial charge in [0.2, 0.25) is 5.91 Å². The maximum absolute atomic E-state index is 12.5. The summed E-state index contributed by atoms with van der Waals surface area (Å²) >= 11 is 9.48. The van der Waals surface area contributed by atoms with Crippen molar-refractivity contribution in [3.63, 3.8) is 0 Å². The first-order chi connectivity index (χ1) is 12.4. The quantitative estimate of drug-likeness (QED) is 0.645. The molecule has 0 saturated heterocycles. The van der Waals surface area contributed by atoms with Crippen molar-refractivity contribution in [1.29, 1.82) is 0 Å². The summed E-state index contributed by atoms with van der Waals surface area (Å²) in [5, 5.41) is 6.55. The zero-order valence-corrected chi connectivity index (χ0v) is 16.2. The average molecular weight is 433 g/mol. The van der Waals surface area contributed by atoms with Gasteiger partial charge in [0, 0.05) is 26.8 Å². The first kappa shape index (κ1) is 18.4. The first-order valence-electron chi connectivity index (χ1n) is 7.82. The largest absolute Gasteiger partial charge is 0.343 e. The molecule has 0 atom stereocenters.